The minimum absolute atomic E-state index is 0.0159. The van der Waals surface area contributed by atoms with Crippen molar-refractivity contribution in [3.63, 3.8) is 0 Å². The molecule has 1 amide bonds. The highest BCUT2D eigenvalue weighted by Gasteiger charge is 2.60. The predicted octanol–water partition coefficient (Wildman–Crippen LogP) is 5.15. The number of benzene rings is 2. The van der Waals surface area contributed by atoms with E-state index in [1.165, 1.54) is 0 Å². The van der Waals surface area contributed by atoms with Gasteiger partial charge < -0.3 is 14.8 Å². The minimum atomic E-state index is -1.72. The zero-order valence-corrected chi connectivity index (χ0v) is 20.1. The van der Waals surface area contributed by atoms with Gasteiger partial charge in [0.2, 0.25) is 17.1 Å². The number of rotatable bonds is 3. The maximum Gasteiger partial charge on any atom is 0.339 e. The second-order valence-corrected chi connectivity index (χ2v) is 8.86. The molecule has 2 aromatic carbocycles. The van der Waals surface area contributed by atoms with Crippen molar-refractivity contribution in [2.24, 2.45) is 0 Å². The highest BCUT2D eigenvalue weighted by atomic mass is 79.9. The van der Waals surface area contributed by atoms with Gasteiger partial charge in [0.15, 0.2) is 0 Å². The van der Waals surface area contributed by atoms with Gasteiger partial charge in [0, 0.05) is 21.3 Å². The van der Waals surface area contributed by atoms with Crippen molar-refractivity contribution in [1.29, 1.82) is 0 Å². The number of aromatic nitrogens is 2. The third kappa shape index (κ3) is 3.24. The van der Waals surface area contributed by atoms with Crippen LogP contribution < -0.4 is 10.1 Å². The third-order valence-corrected chi connectivity index (χ3v) is 6.41. The lowest BCUT2D eigenvalue weighted by Crippen LogP contribution is -2.45. The summed E-state index contributed by atoms with van der Waals surface area (Å²) in [6, 6.07) is 14.2. The molecule has 5 rings (SSSR count). The Morgan fingerprint density at radius 3 is 2.67 bits per heavy atom. The molecule has 10 heteroatoms. The maximum absolute atomic E-state index is 13.8. The van der Waals surface area contributed by atoms with E-state index in [9.17, 15) is 9.59 Å². The minimum Gasteiger partial charge on any atom is -0.462 e. The molecule has 33 heavy (non-hydrogen) atoms. The zero-order valence-electron chi connectivity index (χ0n) is 17.0. The Balaban J connectivity index is 1.96. The number of carbonyl (C=O) groups is 2. The molecule has 0 fully saturated rings. The Morgan fingerprint density at radius 1 is 1.18 bits per heavy atom. The second-order valence-electron chi connectivity index (χ2n) is 7.25. The smallest absolute Gasteiger partial charge is 0.339 e. The van der Waals surface area contributed by atoms with Gasteiger partial charge in [-0.15, -0.1) is 0 Å². The van der Waals surface area contributed by atoms with Crippen molar-refractivity contribution in [3.8, 4) is 5.88 Å². The molecular weight excluding hydrogens is 533 g/mol. The molecule has 1 atom stereocenters. The number of carbonyl (C=O) groups excluding carboxylic acids is 2. The lowest BCUT2D eigenvalue weighted by molar-refractivity contribution is -0.140. The first kappa shape index (κ1) is 21.9. The largest absolute Gasteiger partial charge is 0.462 e. The number of hydrogen-bond acceptors (Lipinski definition) is 6. The molecule has 0 aliphatic carbocycles. The van der Waals surface area contributed by atoms with Gasteiger partial charge in [0.25, 0.3) is 0 Å². The fourth-order valence-corrected chi connectivity index (χ4v) is 5.11. The van der Waals surface area contributed by atoms with Crippen LogP contribution in [0, 0.1) is 0 Å². The van der Waals surface area contributed by atoms with E-state index in [4.69, 9.17) is 32.7 Å². The number of amides is 1. The monoisotopic (exact) mass is 545 g/mol. The van der Waals surface area contributed by atoms with E-state index >= 15 is 0 Å². The van der Waals surface area contributed by atoms with E-state index in [0.717, 1.165) is 4.47 Å². The van der Waals surface area contributed by atoms with Gasteiger partial charge in [-0.3, -0.25) is 4.79 Å². The highest BCUT2D eigenvalue weighted by Crippen LogP contribution is 2.57. The van der Waals surface area contributed by atoms with Crippen molar-refractivity contribution < 1.29 is 19.1 Å². The number of halogens is 3. The second kappa shape index (κ2) is 8.13. The van der Waals surface area contributed by atoms with Crippen molar-refractivity contribution in [3.05, 3.63) is 85.7 Å². The van der Waals surface area contributed by atoms with Crippen LogP contribution in [0.15, 0.2) is 58.6 Å². The van der Waals surface area contributed by atoms with Crippen LogP contribution in [-0.4, -0.2) is 28.5 Å². The fourth-order valence-electron chi connectivity index (χ4n) is 4.25. The summed E-state index contributed by atoms with van der Waals surface area (Å²) in [7, 11) is 0. The van der Waals surface area contributed by atoms with E-state index in [1.54, 1.807) is 49.4 Å². The Labute approximate surface area is 206 Å². The molecule has 1 unspecified atom stereocenters. The number of hydrogen-bond donors (Lipinski definition) is 1. The number of anilines is 1. The fraction of sp³-hybridized carbons (Fsp3) is 0.130. The SMILES string of the molecule is CCOC(=O)C1=C(c2ccccc2)Oc2nc(Cl)nc(Cl)c2C12C(=O)Nc1cc(Br)ccc12. The molecule has 3 aromatic rings. The van der Waals surface area contributed by atoms with Crippen LogP contribution in [-0.2, 0) is 19.7 Å². The molecule has 0 radical (unpaired) electrons. The van der Waals surface area contributed by atoms with Gasteiger partial charge in [-0.05, 0) is 30.7 Å². The molecule has 2 aliphatic heterocycles. The van der Waals surface area contributed by atoms with Gasteiger partial charge in [0.1, 0.15) is 21.9 Å². The molecule has 0 bridgehead atoms. The van der Waals surface area contributed by atoms with Crippen LogP contribution in [0.4, 0.5) is 5.69 Å². The standard InChI is InChI=1S/C23H14BrCl2N3O4/c1-2-32-20(30)15-17(11-6-4-3-5-7-11)33-19-16(18(25)28-22(26)29-19)23(15)13-9-8-12(24)10-14(13)27-21(23)31/h3-10H,2H2,1H3,(H,27,31). The van der Waals surface area contributed by atoms with Crippen molar-refractivity contribution >= 4 is 62.5 Å². The van der Waals surface area contributed by atoms with Crippen LogP contribution in [0.5, 0.6) is 5.88 Å². The molecule has 1 N–H and O–H groups in total. The summed E-state index contributed by atoms with van der Waals surface area (Å²) in [4.78, 5) is 35.6. The molecule has 0 saturated carbocycles. The van der Waals surface area contributed by atoms with Crippen molar-refractivity contribution in [2.45, 2.75) is 12.3 Å². The molecule has 1 aromatic heterocycles. The average molecular weight is 547 g/mol. The van der Waals surface area contributed by atoms with E-state index < -0.39 is 17.3 Å². The third-order valence-electron chi connectivity index (χ3n) is 5.47. The lowest BCUT2D eigenvalue weighted by atomic mass is 9.68. The van der Waals surface area contributed by atoms with Crippen LogP contribution >= 0.6 is 39.1 Å². The van der Waals surface area contributed by atoms with Gasteiger partial charge in [-0.25, -0.2) is 9.78 Å². The van der Waals surface area contributed by atoms with Crippen molar-refractivity contribution in [2.75, 3.05) is 11.9 Å². The predicted molar refractivity (Wildman–Crippen MR) is 126 cm³/mol. The Morgan fingerprint density at radius 2 is 1.94 bits per heavy atom. The number of fused-ring (bicyclic) bond motifs is 4. The summed E-state index contributed by atoms with van der Waals surface area (Å²) in [5, 5.41) is 2.60. The molecule has 2 aliphatic rings. The quantitative estimate of drug-likeness (QED) is 0.277. The van der Waals surface area contributed by atoms with E-state index in [2.05, 4.69) is 31.2 Å². The first-order valence-electron chi connectivity index (χ1n) is 9.88. The van der Waals surface area contributed by atoms with Crippen molar-refractivity contribution in [1.82, 2.24) is 9.97 Å². The van der Waals surface area contributed by atoms with Gasteiger partial charge in [0.05, 0.1) is 12.2 Å². The van der Waals surface area contributed by atoms with Gasteiger partial charge >= 0.3 is 5.97 Å². The number of ether oxygens (including phenoxy) is 2. The summed E-state index contributed by atoms with van der Waals surface area (Å²) < 4.78 is 12.3. The highest BCUT2D eigenvalue weighted by molar-refractivity contribution is 9.10. The molecule has 0 saturated heterocycles. The van der Waals surface area contributed by atoms with E-state index in [0.29, 0.717) is 16.8 Å². The number of nitrogens with one attached hydrogen (secondary N) is 1. The summed E-state index contributed by atoms with van der Waals surface area (Å²) in [6.45, 7) is 1.77. The summed E-state index contributed by atoms with van der Waals surface area (Å²) in [5.74, 6) is -1.13. The van der Waals surface area contributed by atoms with Gasteiger partial charge in [-0.2, -0.15) is 4.98 Å². The molecule has 3 heterocycles. The molecular formula is C23H14BrCl2N3O4. The van der Waals surface area contributed by atoms with Crippen LogP contribution in [0.1, 0.15) is 23.6 Å². The average Bonchev–Trinajstić information content (AvgIpc) is 3.04. The normalized spacial score (nSPS) is 18.5. The number of nitrogens with zero attached hydrogens (tertiary/aromatic N) is 2. The maximum atomic E-state index is 13.8. The van der Waals surface area contributed by atoms with Crippen LogP contribution in [0.25, 0.3) is 5.76 Å². The Hall–Kier alpha value is -2.94. The first-order valence-corrected chi connectivity index (χ1v) is 11.4. The van der Waals surface area contributed by atoms with Crippen LogP contribution in [0.2, 0.25) is 10.4 Å². The zero-order chi connectivity index (χ0) is 23.3. The Kier molecular flexibility index (Phi) is 5.39. The topological polar surface area (TPSA) is 90.4 Å². The Bertz CT molecular complexity index is 1360. The molecule has 7 nitrogen and oxygen atoms in total. The molecule has 166 valence electrons. The van der Waals surface area contributed by atoms with Gasteiger partial charge in [-0.1, -0.05) is 63.9 Å². The lowest BCUT2D eigenvalue weighted by Gasteiger charge is -2.36. The van der Waals surface area contributed by atoms with E-state index in [-0.39, 0.29) is 39.8 Å². The summed E-state index contributed by atoms with van der Waals surface area (Å²) >= 11 is 16.0. The van der Waals surface area contributed by atoms with Crippen LogP contribution in [0.3, 0.4) is 0 Å². The number of esters is 1. The molecule has 1 spiro atoms. The summed E-state index contributed by atoms with van der Waals surface area (Å²) in [6.07, 6.45) is 0. The summed E-state index contributed by atoms with van der Waals surface area (Å²) in [5.41, 5.74) is -0.0750. The first-order chi connectivity index (χ1) is 15.9. The van der Waals surface area contributed by atoms with E-state index in [1.807, 2.05) is 6.07 Å².